The maximum atomic E-state index is 13.1. The maximum Gasteiger partial charge on any atom is 0.416 e. The summed E-state index contributed by atoms with van der Waals surface area (Å²) in [7, 11) is 0. The van der Waals surface area contributed by atoms with Crippen LogP contribution in [0, 0.1) is 6.92 Å². The van der Waals surface area contributed by atoms with Crippen molar-refractivity contribution in [3.63, 3.8) is 0 Å². The number of benzene rings is 1. The van der Waals surface area contributed by atoms with Crippen molar-refractivity contribution in [2.45, 2.75) is 44.8 Å². The lowest BCUT2D eigenvalue weighted by atomic mass is 9.87. The van der Waals surface area contributed by atoms with Crippen LogP contribution >= 0.6 is 0 Å². The Bertz CT molecular complexity index is 882. The van der Waals surface area contributed by atoms with Gasteiger partial charge in [-0.15, -0.1) is 0 Å². The number of alkyl halides is 3. The molecule has 1 aromatic carbocycles. The van der Waals surface area contributed by atoms with Crippen LogP contribution in [0.25, 0.3) is 0 Å². The number of aromatic amines is 1. The molecule has 0 bridgehead atoms. The molecular weight excluding hydrogens is 369 g/mol. The van der Waals surface area contributed by atoms with Crippen LogP contribution in [0.4, 0.5) is 13.2 Å². The molecule has 1 saturated heterocycles. The van der Waals surface area contributed by atoms with Gasteiger partial charge in [0.05, 0.1) is 5.56 Å². The topological polar surface area (TPSA) is 61.0 Å². The van der Waals surface area contributed by atoms with Gasteiger partial charge in [-0.05, 0) is 43.4 Å². The highest BCUT2D eigenvalue weighted by atomic mass is 19.4. The molecule has 1 fully saturated rings. The smallest absolute Gasteiger partial charge is 0.337 e. The maximum absolute atomic E-state index is 13.1. The van der Waals surface area contributed by atoms with Crippen LogP contribution in [0.15, 0.2) is 18.2 Å². The van der Waals surface area contributed by atoms with Crippen LogP contribution < -0.4 is 5.32 Å². The predicted octanol–water partition coefficient (Wildman–Crippen LogP) is 3.40. The van der Waals surface area contributed by atoms with Gasteiger partial charge in [0.2, 0.25) is 0 Å². The summed E-state index contributed by atoms with van der Waals surface area (Å²) in [5.74, 6) is -0.0697. The molecule has 2 aromatic rings. The average Bonchev–Trinajstić information content (AvgIpc) is 3.10. The van der Waals surface area contributed by atoms with Crippen molar-refractivity contribution in [1.29, 1.82) is 0 Å². The monoisotopic (exact) mass is 392 g/mol. The predicted molar refractivity (Wildman–Crippen MR) is 98.1 cm³/mol. The number of hydrogen-bond acceptors (Lipinski definition) is 3. The molecule has 0 unspecified atom stereocenters. The summed E-state index contributed by atoms with van der Waals surface area (Å²) in [5.41, 5.74) is 3.13. The third-order valence-electron chi connectivity index (χ3n) is 5.69. The molecule has 8 heteroatoms. The molecule has 0 aliphatic carbocycles. The van der Waals surface area contributed by atoms with Crippen LogP contribution in [0.3, 0.4) is 0 Å². The van der Waals surface area contributed by atoms with Crippen LogP contribution in [0.5, 0.6) is 0 Å². The normalized spacial score (nSPS) is 18.2. The summed E-state index contributed by atoms with van der Waals surface area (Å²) in [6.45, 7) is 4.23. The first-order valence-electron chi connectivity index (χ1n) is 9.58. The molecule has 2 aliphatic heterocycles. The van der Waals surface area contributed by atoms with Crippen molar-refractivity contribution in [3.05, 3.63) is 51.8 Å². The Morgan fingerprint density at radius 1 is 1.21 bits per heavy atom. The van der Waals surface area contributed by atoms with E-state index in [2.05, 4.69) is 15.5 Å². The third-order valence-corrected chi connectivity index (χ3v) is 5.69. The molecule has 1 amide bonds. The summed E-state index contributed by atoms with van der Waals surface area (Å²) >= 11 is 0. The van der Waals surface area contributed by atoms with Crippen molar-refractivity contribution in [2.75, 3.05) is 19.6 Å². The molecule has 2 N–H and O–H groups in total. The van der Waals surface area contributed by atoms with Crippen molar-refractivity contribution < 1.29 is 18.0 Å². The number of H-pyrrole nitrogens is 1. The first-order valence-corrected chi connectivity index (χ1v) is 9.58. The molecule has 0 radical (unpaired) electrons. The van der Waals surface area contributed by atoms with Crippen molar-refractivity contribution in [2.24, 2.45) is 0 Å². The molecule has 1 aromatic heterocycles. The number of piperidine rings is 1. The van der Waals surface area contributed by atoms with E-state index in [0.29, 0.717) is 49.3 Å². The highest BCUT2D eigenvalue weighted by molar-refractivity contribution is 5.94. The Morgan fingerprint density at radius 3 is 2.68 bits per heavy atom. The van der Waals surface area contributed by atoms with E-state index in [1.807, 2.05) is 6.07 Å². The number of carbonyl (C=O) groups is 1. The van der Waals surface area contributed by atoms with Crippen LogP contribution in [0.2, 0.25) is 0 Å². The second-order valence-electron chi connectivity index (χ2n) is 7.65. The molecule has 0 saturated carbocycles. The summed E-state index contributed by atoms with van der Waals surface area (Å²) in [4.78, 5) is 14.6. The van der Waals surface area contributed by atoms with Gasteiger partial charge in [0.25, 0.3) is 5.91 Å². The summed E-state index contributed by atoms with van der Waals surface area (Å²) < 4.78 is 39.3. The fourth-order valence-corrected chi connectivity index (χ4v) is 4.18. The molecule has 4 rings (SSSR count). The Morgan fingerprint density at radius 2 is 1.96 bits per heavy atom. The number of aryl methyl sites for hydroxylation is 1. The highest BCUT2D eigenvalue weighted by Gasteiger charge is 2.33. The molecule has 0 atom stereocenters. The van der Waals surface area contributed by atoms with Crippen molar-refractivity contribution in [1.82, 2.24) is 20.4 Å². The second kappa shape index (κ2) is 7.24. The molecular formula is C20H23F3N4O. The lowest BCUT2D eigenvalue weighted by Gasteiger charge is -2.32. The van der Waals surface area contributed by atoms with Gasteiger partial charge >= 0.3 is 6.18 Å². The van der Waals surface area contributed by atoms with E-state index in [0.717, 1.165) is 24.2 Å². The molecule has 3 heterocycles. The minimum Gasteiger partial charge on any atom is -0.337 e. The first kappa shape index (κ1) is 19.0. The number of nitrogens with one attached hydrogen (secondary N) is 2. The second-order valence-corrected chi connectivity index (χ2v) is 7.65. The van der Waals surface area contributed by atoms with Crippen LogP contribution in [0.1, 0.15) is 57.2 Å². The highest BCUT2D eigenvalue weighted by Crippen LogP contribution is 2.35. The van der Waals surface area contributed by atoms with Crippen molar-refractivity contribution in [3.8, 4) is 0 Å². The number of aromatic nitrogens is 2. The fourth-order valence-electron chi connectivity index (χ4n) is 4.18. The van der Waals surface area contributed by atoms with Gasteiger partial charge < -0.3 is 10.2 Å². The quantitative estimate of drug-likeness (QED) is 0.824. The van der Waals surface area contributed by atoms with E-state index in [1.165, 1.54) is 12.1 Å². The van der Waals surface area contributed by atoms with Gasteiger partial charge in [0.1, 0.15) is 0 Å². The van der Waals surface area contributed by atoms with Crippen LogP contribution in [-0.4, -0.2) is 40.6 Å². The van der Waals surface area contributed by atoms with E-state index in [9.17, 15) is 18.0 Å². The molecule has 5 nitrogen and oxygen atoms in total. The number of rotatable bonds is 2. The summed E-state index contributed by atoms with van der Waals surface area (Å²) in [6.07, 6.45) is -2.22. The minimum atomic E-state index is -4.34. The van der Waals surface area contributed by atoms with Gasteiger partial charge in [-0.2, -0.15) is 18.3 Å². The number of hydrogen-bond donors (Lipinski definition) is 2. The van der Waals surface area contributed by atoms with Gasteiger partial charge in [-0.3, -0.25) is 9.89 Å². The van der Waals surface area contributed by atoms with Gasteiger partial charge in [0, 0.05) is 43.9 Å². The first-order chi connectivity index (χ1) is 13.3. The van der Waals surface area contributed by atoms with E-state index >= 15 is 0 Å². The zero-order valence-corrected chi connectivity index (χ0v) is 15.7. The molecule has 28 heavy (non-hydrogen) atoms. The molecule has 2 aliphatic rings. The Balaban J connectivity index is 1.46. The van der Waals surface area contributed by atoms with E-state index in [1.54, 1.807) is 11.8 Å². The van der Waals surface area contributed by atoms with Crippen molar-refractivity contribution >= 4 is 5.91 Å². The number of carbonyl (C=O) groups excluding carboxylic acids is 1. The fraction of sp³-hybridized carbons (Fsp3) is 0.500. The Hall–Kier alpha value is -2.35. The minimum absolute atomic E-state index is 0.0276. The van der Waals surface area contributed by atoms with Gasteiger partial charge in [-0.1, -0.05) is 11.6 Å². The number of likely N-dealkylation sites (tertiary alicyclic amines) is 1. The average molecular weight is 392 g/mol. The number of halogens is 3. The largest absolute Gasteiger partial charge is 0.416 e. The van der Waals surface area contributed by atoms with Gasteiger partial charge in [-0.25, -0.2) is 0 Å². The number of nitrogens with zero attached hydrogens (tertiary/aromatic N) is 2. The summed E-state index contributed by atoms with van der Waals surface area (Å²) in [6, 6.07) is 4.26. The standard InChI is InChI=1S/C20H23F3N4O/c1-12-8-14(10-15(9-12)20(21,22)23)13-3-6-27(7-4-13)19(28)18-16-11-24-5-2-17(16)25-26-18/h8-10,13,24H,2-7,11H2,1H3,(H,25,26). The van der Waals surface area contributed by atoms with E-state index < -0.39 is 11.7 Å². The Labute approximate surface area is 161 Å². The van der Waals surface area contributed by atoms with Crippen LogP contribution in [-0.2, 0) is 19.1 Å². The lowest BCUT2D eigenvalue weighted by Crippen LogP contribution is -2.39. The van der Waals surface area contributed by atoms with E-state index in [-0.39, 0.29) is 11.8 Å². The molecule has 150 valence electrons. The SMILES string of the molecule is Cc1cc(C2CCN(C(=O)c3n[nH]c4c3CNCC4)CC2)cc(C(F)(F)F)c1. The van der Waals surface area contributed by atoms with E-state index in [4.69, 9.17) is 0 Å². The zero-order valence-electron chi connectivity index (χ0n) is 15.7. The zero-order chi connectivity index (χ0) is 19.9. The summed E-state index contributed by atoms with van der Waals surface area (Å²) in [5, 5.41) is 10.4. The number of amides is 1. The third kappa shape index (κ3) is 3.65. The lowest BCUT2D eigenvalue weighted by molar-refractivity contribution is -0.137. The Kier molecular flexibility index (Phi) is 4.91. The molecule has 0 spiro atoms. The van der Waals surface area contributed by atoms with Gasteiger partial charge in [0.15, 0.2) is 5.69 Å². The number of fused-ring (bicyclic) bond motifs is 1.